The zero-order valence-electron chi connectivity index (χ0n) is 9.49. The lowest BCUT2D eigenvalue weighted by molar-refractivity contribution is -0.125. The summed E-state index contributed by atoms with van der Waals surface area (Å²) in [5.41, 5.74) is -0.499. The van der Waals surface area contributed by atoms with E-state index in [1.54, 1.807) is 19.3 Å². The van der Waals surface area contributed by atoms with E-state index in [-0.39, 0.29) is 11.7 Å². The van der Waals surface area contributed by atoms with Crippen LogP contribution in [0, 0.1) is 5.41 Å². The third-order valence-electron chi connectivity index (χ3n) is 2.75. The maximum atomic E-state index is 11.6. The van der Waals surface area contributed by atoms with Crippen LogP contribution in [0.1, 0.15) is 33.6 Å². The van der Waals surface area contributed by atoms with Gasteiger partial charge in [0.1, 0.15) is 5.78 Å². The molecule has 3 heteroatoms. The Bertz CT molecular complexity index is 315. The predicted molar refractivity (Wildman–Crippen MR) is 58.8 cm³/mol. The summed E-state index contributed by atoms with van der Waals surface area (Å²) in [4.78, 5) is 24.1. The van der Waals surface area contributed by atoms with E-state index < -0.39 is 5.41 Å². The van der Waals surface area contributed by atoms with Crippen molar-refractivity contribution < 1.29 is 9.59 Å². The molecule has 15 heavy (non-hydrogen) atoms. The summed E-state index contributed by atoms with van der Waals surface area (Å²) in [7, 11) is 0. The third-order valence-corrected chi connectivity index (χ3v) is 2.75. The molecule has 0 aromatic heterocycles. The fourth-order valence-electron chi connectivity index (χ4n) is 1.73. The summed E-state index contributed by atoms with van der Waals surface area (Å²) in [5.74, 6) is 0.0798. The number of rotatable bonds is 3. The van der Waals surface area contributed by atoms with Gasteiger partial charge in [0.2, 0.25) is 5.91 Å². The average Bonchev–Trinajstić information content (AvgIpc) is 2.18. The topological polar surface area (TPSA) is 37.4 Å². The smallest absolute Gasteiger partial charge is 0.227 e. The summed E-state index contributed by atoms with van der Waals surface area (Å²) in [5, 5.41) is 0. The molecule has 1 aliphatic rings. The molecule has 1 rings (SSSR count). The molecule has 0 saturated heterocycles. The molecule has 0 aliphatic carbocycles. The van der Waals surface area contributed by atoms with Crippen LogP contribution < -0.4 is 0 Å². The number of allylic oxidation sites excluding steroid dienone is 2. The van der Waals surface area contributed by atoms with Crippen LogP contribution in [0.15, 0.2) is 24.6 Å². The zero-order chi connectivity index (χ0) is 11.5. The molecular formula is C12H17NO2. The molecule has 0 aromatic rings. The lowest BCUT2D eigenvalue weighted by Crippen LogP contribution is -2.30. The Kier molecular flexibility index (Phi) is 3.45. The maximum Gasteiger partial charge on any atom is 0.227 e. The van der Waals surface area contributed by atoms with E-state index in [9.17, 15) is 9.59 Å². The SMILES string of the molecule is CCCC1(C(C)=O)C=CN(C(C)=O)C=C1. The van der Waals surface area contributed by atoms with Gasteiger partial charge in [-0.1, -0.05) is 25.5 Å². The van der Waals surface area contributed by atoms with Gasteiger partial charge < -0.3 is 0 Å². The van der Waals surface area contributed by atoms with Gasteiger partial charge in [-0.25, -0.2) is 0 Å². The van der Waals surface area contributed by atoms with Gasteiger partial charge in [-0.3, -0.25) is 14.5 Å². The van der Waals surface area contributed by atoms with Crippen LogP contribution >= 0.6 is 0 Å². The number of carbonyl (C=O) groups is 2. The number of carbonyl (C=O) groups excluding carboxylic acids is 2. The van der Waals surface area contributed by atoms with Crippen molar-refractivity contribution in [3.05, 3.63) is 24.6 Å². The Morgan fingerprint density at radius 2 is 1.73 bits per heavy atom. The summed E-state index contributed by atoms with van der Waals surface area (Å²) in [6, 6.07) is 0. The van der Waals surface area contributed by atoms with Crippen molar-refractivity contribution in [2.75, 3.05) is 0 Å². The van der Waals surface area contributed by atoms with E-state index in [0.29, 0.717) is 0 Å². The second-order valence-corrected chi connectivity index (χ2v) is 3.90. The van der Waals surface area contributed by atoms with Crippen molar-refractivity contribution in [3.63, 3.8) is 0 Å². The van der Waals surface area contributed by atoms with E-state index in [2.05, 4.69) is 0 Å². The molecule has 82 valence electrons. The highest BCUT2D eigenvalue weighted by Gasteiger charge is 2.31. The van der Waals surface area contributed by atoms with Crippen LogP contribution in [0.4, 0.5) is 0 Å². The molecule has 0 saturated carbocycles. The largest absolute Gasteiger partial charge is 0.299 e. The van der Waals surface area contributed by atoms with Gasteiger partial charge in [-0.15, -0.1) is 0 Å². The van der Waals surface area contributed by atoms with E-state index in [0.717, 1.165) is 12.8 Å². The standard InChI is InChI=1S/C12H17NO2/c1-4-5-12(10(2)14)6-8-13(9-7-12)11(3)15/h6-9H,4-5H2,1-3H3. The molecule has 0 N–H and O–H groups in total. The van der Waals surface area contributed by atoms with Gasteiger partial charge in [-0.05, 0) is 13.3 Å². The van der Waals surface area contributed by atoms with Gasteiger partial charge in [0, 0.05) is 19.3 Å². The summed E-state index contributed by atoms with van der Waals surface area (Å²) < 4.78 is 0. The second-order valence-electron chi connectivity index (χ2n) is 3.90. The Morgan fingerprint density at radius 3 is 2.07 bits per heavy atom. The number of amides is 1. The summed E-state index contributed by atoms with van der Waals surface area (Å²) >= 11 is 0. The first-order chi connectivity index (χ1) is 7.02. The molecule has 0 spiro atoms. The molecule has 0 bridgehead atoms. The van der Waals surface area contributed by atoms with Crippen molar-refractivity contribution in [2.24, 2.45) is 5.41 Å². The van der Waals surface area contributed by atoms with Gasteiger partial charge in [0.05, 0.1) is 5.41 Å². The van der Waals surface area contributed by atoms with Crippen LogP contribution in [-0.2, 0) is 9.59 Å². The van der Waals surface area contributed by atoms with Crippen molar-refractivity contribution in [1.29, 1.82) is 0 Å². The Hall–Kier alpha value is -1.38. The molecule has 3 nitrogen and oxygen atoms in total. The molecule has 0 fully saturated rings. The lowest BCUT2D eigenvalue weighted by Gasteiger charge is -2.28. The molecule has 0 aromatic carbocycles. The third kappa shape index (κ3) is 2.35. The molecular weight excluding hydrogens is 190 g/mol. The van der Waals surface area contributed by atoms with Crippen LogP contribution in [0.5, 0.6) is 0 Å². The van der Waals surface area contributed by atoms with Gasteiger partial charge >= 0.3 is 0 Å². The second kappa shape index (κ2) is 4.43. The summed E-state index contributed by atoms with van der Waals surface area (Å²) in [6.07, 6.45) is 8.73. The minimum atomic E-state index is -0.499. The monoisotopic (exact) mass is 207 g/mol. The quantitative estimate of drug-likeness (QED) is 0.711. The predicted octanol–water partition coefficient (Wildman–Crippen LogP) is 2.25. The van der Waals surface area contributed by atoms with E-state index in [1.807, 2.05) is 19.1 Å². The zero-order valence-corrected chi connectivity index (χ0v) is 9.49. The fraction of sp³-hybridized carbons (Fsp3) is 0.500. The van der Waals surface area contributed by atoms with Gasteiger partial charge in [0.15, 0.2) is 0 Å². The number of nitrogens with zero attached hydrogens (tertiary/aromatic N) is 1. The number of Topliss-reactive ketones (excluding diaryl/α,β-unsaturated/α-hetero) is 1. The highest BCUT2D eigenvalue weighted by molar-refractivity contribution is 5.87. The van der Waals surface area contributed by atoms with Crippen LogP contribution in [0.25, 0.3) is 0 Å². The Morgan fingerprint density at radius 1 is 1.20 bits per heavy atom. The highest BCUT2D eigenvalue weighted by atomic mass is 16.2. The van der Waals surface area contributed by atoms with Crippen LogP contribution in [0.2, 0.25) is 0 Å². The molecule has 0 radical (unpaired) electrons. The molecule has 0 unspecified atom stereocenters. The first-order valence-corrected chi connectivity index (χ1v) is 5.20. The average molecular weight is 207 g/mol. The van der Waals surface area contributed by atoms with Crippen molar-refractivity contribution >= 4 is 11.7 Å². The number of hydrogen-bond donors (Lipinski definition) is 0. The molecule has 0 atom stereocenters. The van der Waals surface area contributed by atoms with Crippen molar-refractivity contribution in [2.45, 2.75) is 33.6 Å². The lowest BCUT2D eigenvalue weighted by atomic mass is 9.79. The van der Waals surface area contributed by atoms with Crippen molar-refractivity contribution in [1.82, 2.24) is 4.90 Å². The maximum absolute atomic E-state index is 11.6. The number of hydrogen-bond acceptors (Lipinski definition) is 2. The van der Waals surface area contributed by atoms with E-state index >= 15 is 0 Å². The minimum Gasteiger partial charge on any atom is -0.299 e. The van der Waals surface area contributed by atoms with Gasteiger partial charge in [0.25, 0.3) is 0 Å². The van der Waals surface area contributed by atoms with Gasteiger partial charge in [-0.2, -0.15) is 0 Å². The Balaban J connectivity index is 2.90. The molecule has 1 aliphatic heterocycles. The van der Waals surface area contributed by atoms with E-state index in [1.165, 1.54) is 11.8 Å². The van der Waals surface area contributed by atoms with Crippen LogP contribution in [0.3, 0.4) is 0 Å². The van der Waals surface area contributed by atoms with Crippen molar-refractivity contribution in [3.8, 4) is 0 Å². The first-order valence-electron chi connectivity index (χ1n) is 5.20. The summed E-state index contributed by atoms with van der Waals surface area (Å²) in [6.45, 7) is 5.13. The highest BCUT2D eigenvalue weighted by Crippen LogP contribution is 2.31. The first kappa shape index (κ1) is 11.7. The minimum absolute atomic E-state index is 0.0452. The van der Waals surface area contributed by atoms with Crippen LogP contribution in [-0.4, -0.2) is 16.6 Å². The van der Waals surface area contributed by atoms with E-state index in [4.69, 9.17) is 0 Å². The Labute approximate surface area is 90.5 Å². The fourth-order valence-corrected chi connectivity index (χ4v) is 1.73. The number of ketones is 1. The molecule has 1 amide bonds. The normalized spacial score (nSPS) is 17.9. The molecule has 1 heterocycles.